The summed E-state index contributed by atoms with van der Waals surface area (Å²) in [7, 11) is 1.58. The van der Waals surface area contributed by atoms with Crippen LogP contribution in [0.15, 0.2) is 11.9 Å². The predicted octanol–water partition coefficient (Wildman–Crippen LogP) is -1.21. The summed E-state index contributed by atoms with van der Waals surface area (Å²) in [5, 5.41) is 1.21. The lowest BCUT2D eigenvalue weighted by Crippen LogP contribution is -2.21. The van der Waals surface area contributed by atoms with Gasteiger partial charge in [-0.3, -0.25) is 4.79 Å². The summed E-state index contributed by atoms with van der Waals surface area (Å²) < 4.78 is 0. The van der Waals surface area contributed by atoms with Crippen molar-refractivity contribution in [3.63, 3.8) is 0 Å². The molecule has 0 amide bonds. The van der Waals surface area contributed by atoms with E-state index < -0.39 is 0 Å². The molecular formula is C4H9N3O. The third-order valence-corrected chi connectivity index (χ3v) is 0.489. The Morgan fingerprint density at radius 3 is 2.38 bits per heavy atom. The van der Waals surface area contributed by atoms with E-state index >= 15 is 0 Å². The monoisotopic (exact) mass is 115 g/mol. The van der Waals surface area contributed by atoms with Crippen molar-refractivity contribution >= 4 is 6.29 Å². The van der Waals surface area contributed by atoms with E-state index in [0.29, 0.717) is 6.29 Å². The van der Waals surface area contributed by atoms with E-state index in [2.05, 4.69) is 0 Å². The molecule has 4 heteroatoms. The van der Waals surface area contributed by atoms with E-state index in [4.69, 9.17) is 11.6 Å². The van der Waals surface area contributed by atoms with Crippen molar-refractivity contribution < 1.29 is 4.79 Å². The van der Waals surface area contributed by atoms with Gasteiger partial charge in [-0.2, -0.15) is 0 Å². The molecule has 0 atom stereocenters. The minimum Gasteiger partial charge on any atom is -0.395 e. The standard InChI is InChI=1S/C4H9N3O/c1-7(6)2-4(5)3-8/h2-3H,5-6H2,1H3/b4-2-. The predicted molar refractivity (Wildman–Crippen MR) is 30.3 cm³/mol. The quantitative estimate of drug-likeness (QED) is 0.205. The van der Waals surface area contributed by atoms with Crippen molar-refractivity contribution in [3.8, 4) is 0 Å². The molecular weight excluding hydrogens is 106 g/mol. The van der Waals surface area contributed by atoms with Gasteiger partial charge in [-0.1, -0.05) is 0 Å². The van der Waals surface area contributed by atoms with Crippen molar-refractivity contribution in [2.75, 3.05) is 7.05 Å². The van der Waals surface area contributed by atoms with Gasteiger partial charge in [0.25, 0.3) is 0 Å². The van der Waals surface area contributed by atoms with Crippen LogP contribution in [-0.2, 0) is 4.79 Å². The normalized spacial score (nSPS) is 11.0. The third-order valence-electron chi connectivity index (χ3n) is 0.489. The Kier molecular flexibility index (Phi) is 2.64. The Hall–Kier alpha value is -1.03. The molecule has 0 heterocycles. The number of carbonyl (C=O) groups is 1. The number of hydrazine groups is 1. The number of hydrogen-bond acceptors (Lipinski definition) is 4. The van der Waals surface area contributed by atoms with Crippen molar-refractivity contribution in [2.45, 2.75) is 0 Å². The minimum atomic E-state index is 0.120. The highest BCUT2D eigenvalue weighted by atomic mass is 16.1. The Labute approximate surface area is 47.7 Å². The molecule has 0 fully saturated rings. The first-order valence-corrected chi connectivity index (χ1v) is 2.07. The van der Waals surface area contributed by atoms with Crippen LogP contribution in [0.25, 0.3) is 0 Å². The van der Waals surface area contributed by atoms with Crippen LogP contribution in [-0.4, -0.2) is 18.3 Å². The fraction of sp³-hybridized carbons (Fsp3) is 0.250. The molecule has 0 aliphatic carbocycles. The van der Waals surface area contributed by atoms with Gasteiger partial charge in [0.1, 0.15) is 0 Å². The third kappa shape index (κ3) is 3.17. The van der Waals surface area contributed by atoms with Crippen LogP contribution in [0.4, 0.5) is 0 Å². The van der Waals surface area contributed by atoms with E-state index in [1.165, 1.54) is 11.2 Å². The summed E-state index contributed by atoms with van der Waals surface area (Å²) in [5.74, 6) is 5.09. The van der Waals surface area contributed by atoms with Gasteiger partial charge >= 0.3 is 0 Å². The van der Waals surface area contributed by atoms with Gasteiger partial charge in [0.15, 0.2) is 6.29 Å². The zero-order valence-electron chi connectivity index (χ0n) is 4.66. The number of allylic oxidation sites excluding steroid dienone is 1. The lowest BCUT2D eigenvalue weighted by molar-refractivity contribution is -0.105. The van der Waals surface area contributed by atoms with Gasteiger partial charge < -0.3 is 10.7 Å². The largest absolute Gasteiger partial charge is 0.395 e. The zero-order chi connectivity index (χ0) is 6.57. The van der Waals surface area contributed by atoms with Crippen LogP contribution in [0.3, 0.4) is 0 Å². The van der Waals surface area contributed by atoms with E-state index in [9.17, 15) is 4.79 Å². The Morgan fingerprint density at radius 2 is 2.25 bits per heavy atom. The molecule has 4 N–H and O–H groups in total. The van der Waals surface area contributed by atoms with Gasteiger partial charge in [0, 0.05) is 13.2 Å². The average Bonchev–Trinajstić information content (AvgIpc) is 1.65. The summed E-state index contributed by atoms with van der Waals surface area (Å²) in [6, 6.07) is 0. The number of hydrogen-bond donors (Lipinski definition) is 2. The SMILES string of the molecule is CN(N)/C=C(\N)C=O. The summed E-state index contributed by atoms with van der Waals surface area (Å²) in [5.41, 5.74) is 5.17. The maximum absolute atomic E-state index is 9.76. The molecule has 0 spiro atoms. The molecule has 0 radical (unpaired) electrons. The van der Waals surface area contributed by atoms with Crippen LogP contribution in [0.2, 0.25) is 0 Å². The second kappa shape index (κ2) is 3.04. The first-order valence-electron chi connectivity index (χ1n) is 2.07. The number of rotatable bonds is 2. The highest BCUT2D eigenvalue weighted by molar-refractivity contribution is 5.71. The van der Waals surface area contributed by atoms with Crippen molar-refractivity contribution in [2.24, 2.45) is 11.6 Å². The summed E-state index contributed by atoms with van der Waals surface area (Å²) in [6.45, 7) is 0. The highest BCUT2D eigenvalue weighted by Gasteiger charge is 1.82. The molecule has 0 rings (SSSR count). The molecule has 0 saturated carbocycles. The van der Waals surface area contributed by atoms with Crippen LogP contribution >= 0.6 is 0 Å². The van der Waals surface area contributed by atoms with Crippen molar-refractivity contribution in [1.29, 1.82) is 0 Å². The Bertz CT molecular complexity index is 108. The maximum Gasteiger partial charge on any atom is 0.167 e. The van der Waals surface area contributed by atoms with Gasteiger partial charge in [-0.15, -0.1) is 0 Å². The molecule has 0 bridgehead atoms. The van der Waals surface area contributed by atoms with Crippen molar-refractivity contribution in [3.05, 3.63) is 11.9 Å². The Morgan fingerprint density at radius 1 is 1.75 bits per heavy atom. The molecule has 0 unspecified atom stereocenters. The molecule has 8 heavy (non-hydrogen) atoms. The van der Waals surface area contributed by atoms with Gasteiger partial charge in [0.2, 0.25) is 0 Å². The first kappa shape index (κ1) is 6.97. The molecule has 46 valence electrons. The fourth-order valence-electron chi connectivity index (χ4n) is 0.266. The highest BCUT2D eigenvalue weighted by Crippen LogP contribution is 1.75. The summed E-state index contributed by atoms with van der Waals surface area (Å²) in [4.78, 5) is 9.76. The Balaban J connectivity index is 3.74. The van der Waals surface area contributed by atoms with Gasteiger partial charge in [-0.25, -0.2) is 5.84 Å². The molecule has 0 saturated heterocycles. The smallest absolute Gasteiger partial charge is 0.167 e. The zero-order valence-corrected chi connectivity index (χ0v) is 4.66. The molecule has 0 aromatic carbocycles. The molecule has 0 aliphatic heterocycles. The van der Waals surface area contributed by atoms with Crippen LogP contribution < -0.4 is 11.6 Å². The first-order chi connectivity index (χ1) is 3.66. The molecule has 0 aromatic rings. The number of nitrogens with two attached hydrogens (primary N) is 2. The van der Waals surface area contributed by atoms with Crippen LogP contribution in [0, 0.1) is 0 Å². The number of carbonyl (C=O) groups excluding carboxylic acids is 1. The van der Waals surface area contributed by atoms with Gasteiger partial charge in [-0.05, 0) is 0 Å². The van der Waals surface area contributed by atoms with E-state index in [1.54, 1.807) is 7.05 Å². The van der Waals surface area contributed by atoms with E-state index in [1.807, 2.05) is 0 Å². The van der Waals surface area contributed by atoms with Gasteiger partial charge in [0.05, 0.1) is 5.70 Å². The van der Waals surface area contributed by atoms with Crippen LogP contribution in [0.5, 0.6) is 0 Å². The van der Waals surface area contributed by atoms with E-state index in [0.717, 1.165) is 0 Å². The molecule has 0 aromatic heterocycles. The molecule has 0 aliphatic rings. The maximum atomic E-state index is 9.76. The second-order valence-electron chi connectivity index (χ2n) is 1.41. The topological polar surface area (TPSA) is 72.3 Å². The lowest BCUT2D eigenvalue weighted by Gasteiger charge is -2.02. The second-order valence-corrected chi connectivity index (χ2v) is 1.41. The molecule has 4 nitrogen and oxygen atoms in total. The fourth-order valence-corrected chi connectivity index (χ4v) is 0.266. The van der Waals surface area contributed by atoms with Crippen LogP contribution in [0.1, 0.15) is 0 Å². The number of aldehydes is 1. The lowest BCUT2D eigenvalue weighted by atomic mass is 10.5. The number of nitrogens with zero attached hydrogens (tertiary/aromatic N) is 1. The summed E-state index contributed by atoms with van der Waals surface area (Å²) in [6.07, 6.45) is 1.86. The summed E-state index contributed by atoms with van der Waals surface area (Å²) >= 11 is 0. The van der Waals surface area contributed by atoms with E-state index in [-0.39, 0.29) is 5.70 Å². The minimum absolute atomic E-state index is 0.120. The van der Waals surface area contributed by atoms with Crippen molar-refractivity contribution in [1.82, 2.24) is 5.01 Å². The average molecular weight is 115 g/mol.